The highest BCUT2D eigenvalue weighted by molar-refractivity contribution is 4.91. The monoisotopic (exact) mass is 183 g/mol. The van der Waals surface area contributed by atoms with Crippen molar-refractivity contribution in [3.63, 3.8) is 0 Å². The van der Waals surface area contributed by atoms with E-state index in [9.17, 15) is 10.2 Å². The van der Waals surface area contributed by atoms with E-state index in [1.54, 1.807) is 10.9 Å². The Morgan fingerprint density at radius 1 is 1.54 bits per heavy atom. The number of aromatic nitrogens is 2. The van der Waals surface area contributed by atoms with Crippen LogP contribution in [0.1, 0.15) is 0 Å². The molecule has 0 bridgehead atoms. The van der Waals surface area contributed by atoms with E-state index in [1.807, 2.05) is 12.3 Å². The van der Waals surface area contributed by atoms with Crippen molar-refractivity contribution in [2.75, 3.05) is 6.54 Å². The van der Waals surface area contributed by atoms with E-state index in [1.165, 1.54) is 0 Å². The predicted octanol–water partition coefficient (Wildman–Crippen LogP) is -1.42. The van der Waals surface area contributed by atoms with Crippen molar-refractivity contribution >= 4 is 0 Å². The van der Waals surface area contributed by atoms with E-state index >= 15 is 0 Å². The molecule has 0 saturated carbocycles. The largest absolute Gasteiger partial charge is 0.389 e. The molecule has 72 valence electrons. The Hall–Kier alpha value is -0.910. The van der Waals surface area contributed by atoms with Crippen LogP contribution in [-0.2, 0) is 6.54 Å². The minimum atomic E-state index is -0.691. The molecule has 0 amide bonds. The summed E-state index contributed by atoms with van der Waals surface area (Å²) in [5.41, 5.74) is 0. The van der Waals surface area contributed by atoms with Crippen molar-refractivity contribution in [1.82, 2.24) is 15.1 Å². The van der Waals surface area contributed by atoms with Crippen LogP contribution in [0.5, 0.6) is 0 Å². The zero-order valence-corrected chi connectivity index (χ0v) is 7.17. The Morgan fingerprint density at radius 2 is 2.38 bits per heavy atom. The summed E-state index contributed by atoms with van der Waals surface area (Å²) in [6.45, 7) is 1.04. The lowest BCUT2D eigenvalue weighted by molar-refractivity contribution is 0.0372. The Morgan fingerprint density at radius 3 is 2.92 bits per heavy atom. The molecule has 1 aromatic rings. The van der Waals surface area contributed by atoms with Gasteiger partial charge in [-0.2, -0.15) is 5.10 Å². The summed E-state index contributed by atoms with van der Waals surface area (Å²) < 4.78 is 1.74. The molecule has 2 heterocycles. The molecule has 3 N–H and O–H groups in total. The normalized spacial score (nSPS) is 33.8. The van der Waals surface area contributed by atoms with Crippen LogP contribution in [-0.4, -0.2) is 44.8 Å². The molecule has 0 aromatic carbocycles. The van der Waals surface area contributed by atoms with E-state index in [0.717, 1.165) is 0 Å². The van der Waals surface area contributed by atoms with Crippen LogP contribution in [0.25, 0.3) is 0 Å². The van der Waals surface area contributed by atoms with Gasteiger partial charge in [0.1, 0.15) is 0 Å². The smallest absolute Gasteiger partial charge is 0.0982 e. The summed E-state index contributed by atoms with van der Waals surface area (Å²) in [7, 11) is 0. The maximum atomic E-state index is 9.50. The number of hydrogen-bond acceptors (Lipinski definition) is 4. The van der Waals surface area contributed by atoms with Crippen LogP contribution in [0.3, 0.4) is 0 Å². The van der Waals surface area contributed by atoms with Gasteiger partial charge in [0.2, 0.25) is 0 Å². The Kier molecular flexibility index (Phi) is 2.30. The first kappa shape index (κ1) is 8.68. The van der Waals surface area contributed by atoms with E-state index in [2.05, 4.69) is 10.4 Å². The molecule has 0 aliphatic carbocycles. The Balaban J connectivity index is 1.96. The van der Waals surface area contributed by atoms with Gasteiger partial charge in [-0.1, -0.05) is 0 Å². The fourth-order valence-electron chi connectivity index (χ4n) is 1.56. The lowest BCUT2D eigenvalue weighted by Crippen LogP contribution is -2.36. The van der Waals surface area contributed by atoms with Gasteiger partial charge in [0.15, 0.2) is 0 Å². The second-order valence-electron chi connectivity index (χ2n) is 3.30. The number of nitrogens with one attached hydrogen (secondary N) is 1. The fraction of sp³-hybridized carbons (Fsp3) is 0.625. The molecular weight excluding hydrogens is 170 g/mol. The molecule has 1 aliphatic rings. The van der Waals surface area contributed by atoms with Crippen molar-refractivity contribution in [2.45, 2.75) is 24.8 Å². The first-order valence-electron chi connectivity index (χ1n) is 4.34. The molecule has 0 spiro atoms. The molecule has 5 heteroatoms. The van der Waals surface area contributed by atoms with Gasteiger partial charge in [0.05, 0.1) is 24.8 Å². The van der Waals surface area contributed by atoms with Crippen LogP contribution in [0.4, 0.5) is 0 Å². The first-order valence-corrected chi connectivity index (χ1v) is 4.34. The molecular formula is C8H13N3O2. The Bertz CT molecular complexity index is 262. The molecule has 2 rings (SSSR count). The third-order valence-corrected chi connectivity index (χ3v) is 2.34. The first-order chi connectivity index (χ1) is 6.27. The van der Waals surface area contributed by atoms with Gasteiger partial charge in [-0.05, 0) is 6.07 Å². The van der Waals surface area contributed by atoms with Crippen molar-refractivity contribution in [3.05, 3.63) is 18.5 Å². The quantitative estimate of drug-likeness (QED) is 0.526. The molecule has 0 radical (unpaired) electrons. The lowest BCUT2D eigenvalue weighted by atomic mass is 10.1. The zero-order chi connectivity index (χ0) is 9.26. The van der Waals surface area contributed by atoms with Gasteiger partial charge in [0.25, 0.3) is 0 Å². The van der Waals surface area contributed by atoms with Crippen molar-refractivity contribution in [2.24, 2.45) is 0 Å². The predicted molar refractivity (Wildman–Crippen MR) is 46.0 cm³/mol. The SMILES string of the molecule is O[C@@H]1[C@@H](O)CN[C@@H]1Cn1cccn1. The lowest BCUT2D eigenvalue weighted by Gasteiger charge is -2.15. The van der Waals surface area contributed by atoms with Gasteiger partial charge >= 0.3 is 0 Å². The van der Waals surface area contributed by atoms with Crippen LogP contribution in [0, 0.1) is 0 Å². The van der Waals surface area contributed by atoms with Crippen LogP contribution >= 0.6 is 0 Å². The average molecular weight is 183 g/mol. The van der Waals surface area contributed by atoms with Crippen LogP contribution < -0.4 is 5.32 Å². The third kappa shape index (κ3) is 1.72. The van der Waals surface area contributed by atoms with E-state index in [4.69, 9.17) is 0 Å². The highest BCUT2D eigenvalue weighted by Gasteiger charge is 2.32. The van der Waals surface area contributed by atoms with Crippen molar-refractivity contribution < 1.29 is 10.2 Å². The number of β-amino-alcohol motifs (C(OH)–C–C–N with tert-alkyl or cyclic N) is 1. The minimum Gasteiger partial charge on any atom is -0.389 e. The number of nitrogens with zero attached hydrogens (tertiary/aromatic N) is 2. The Labute approximate surface area is 76.0 Å². The standard InChI is InChI=1S/C8H13N3O2/c12-7-4-9-6(8(7)13)5-11-3-1-2-10-11/h1-3,6-9,12-13H,4-5H2/t6-,7+,8+/m1/s1. The van der Waals surface area contributed by atoms with Gasteiger partial charge < -0.3 is 15.5 Å². The van der Waals surface area contributed by atoms with Gasteiger partial charge in [-0.25, -0.2) is 0 Å². The number of aliphatic hydroxyl groups is 2. The van der Waals surface area contributed by atoms with Crippen molar-refractivity contribution in [3.8, 4) is 0 Å². The highest BCUT2D eigenvalue weighted by atomic mass is 16.3. The summed E-state index contributed by atoms with van der Waals surface area (Å²) in [5, 5.41) is 25.8. The highest BCUT2D eigenvalue weighted by Crippen LogP contribution is 2.09. The molecule has 5 nitrogen and oxygen atoms in total. The summed E-state index contributed by atoms with van der Waals surface area (Å²) in [6, 6.07) is 1.73. The van der Waals surface area contributed by atoms with E-state index in [0.29, 0.717) is 13.1 Å². The molecule has 1 saturated heterocycles. The molecule has 1 fully saturated rings. The van der Waals surface area contributed by atoms with Crippen LogP contribution in [0.15, 0.2) is 18.5 Å². The minimum absolute atomic E-state index is 0.102. The van der Waals surface area contributed by atoms with Gasteiger partial charge in [-0.15, -0.1) is 0 Å². The van der Waals surface area contributed by atoms with Crippen molar-refractivity contribution in [1.29, 1.82) is 0 Å². The summed E-state index contributed by atoms with van der Waals surface area (Å²) >= 11 is 0. The number of hydrogen-bond donors (Lipinski definition) is 3. The average Bonchev–Trinajstić information content (AvgIpc) is 2.71. The maximum absolute atomic E-state index is 9.50. The zero-order valence-electron chi connectivity index (χ0n) is 7.17. The van der Waals surface area contributed by atoms with E-state index < -0.39 is 12.2 Å². The van der Waals surface area contributed by atoms with Gasteiger partial charge in [-0.3, -0.25) is 4.68 Å². The fourth-order valence-corrected chi connectivity index (χ4v) is 1.56. The second kappa shape index (κ2) is 3.45. The number of rotatable bonds is 2. The maximum Gasteiger partial charge on any atom is 0.0982 e. The topological polar surface area (TPSA) is 70.3 Å². The molecule has 0 unspecified atom stereocenters. The summed E-state index contributed by atoms with van der Waals surface area (Å²) in [6.07, 6.45) is 2.18. The van der Waals surface area contributed by atoms with E-state index in [-0.39, 0.29) is 6.04 Å². The molecule has 13 heavy (non-hydrogen) atoms. The summed E-state index contributed by atoms with van der Waals surface area (Å²) in [4.78, 5) is 0. The van der Waals surface area contributed by atoms with Crippen LogP contribution in [0.2, 0.25) is 0 Å². The number of aliphatic hydroxyl groups excluding tert-OH is 2. The molecule has 3 atom stereocenters. The molecule has 1 aliphatic heterocycles. The van der Waals surface area contributed by atoms with Gasteiger partial charge in [0, 0.05) is 18.9 Å². The molecule has 1 aromatic heterocycles. The summed E-state index contributed by atoms with van der Waals surface area (Å²) in [5.74, 6) is 0. The third-order valence-electron chi connectivity index (χ3n) is 2.34. The second-order valence-corrected chi connectivity index (χ2v) is 3.30.